The Morgan fingerprint density at radius 1 is 1.58 bits per heavy atom. The van der Waals surface area contributed by atoms with Crippen molar-refractivity contribution in [3.8, 4) is 0 Å². The molecule has 0 amide bonds. The molecule has 0 aliphatic heterocycles. The van der Waals surface area contributed by atoms with Gasteiger partial charge in [-0.3, -0.25) is 14.9 Å². The van der Waals surface area contributed by atoms with E-state index in [0.717, 1.165) is 6.07 Å². The number of aliphatic hydroxyl groups is 1. The SMILES string of the molecule is CCOC(O)C(C(C)=O)c1ccc(Cl)cc1[N+](=O)[O-]. The number of nitrogens with zero attached hydrogens (tertiary/aromatic N) is 1. The molecule has 0 aliphatic rings. The van der Waals surface area contributed by atoms with Crippen LogP contribution >= 0.6 is 11.6 Å². The van der Waals surface area contributed by atoms with E-state index in [-0.39, 0.29) is 22.9 Å². The van der Waals surface area contributed by atoms with Crippen LogP contribution in [0.3, 0.4) is 0 Å². The molecular weight excluding hydrogens is 274 g/mol. The average molecular weight is 288 g/mol. The molecule has 19 heavy (non-hydrogen) atoms. The Labute approximate surface area is 115 Å². The number of aliphatic hydroxyl groups excluding tert-OH is 1. The molecule has 0 saturated carbocycles. The summed E-state index contributed by atoms with van der Waals surface area (Å²) in [6.07, 6.45) is -1.43. The number of nitro groups is 1. The molecule has 1 aromatic carbocycles. The molecular formula is C12H14ClNO5. The third-order valence-corrected chi connectivity index (χ3v) is 2.82. The van der Waals surface area contributed by atoms with E-state index in [0.29, 0.717) is 0 Å². The summed E-state index contributed by atoms with van der Waals surface area (Å²) in [5.74, 6) is -1.54. The second-order valence-electron chi connectivity index (χ2n) is 3.89. The van der Waals surface area contributed by atoms with Gasteiger partial charge in [-0.2, -0.15) is 0 Å². The van der Waals surface area contributed by atoms with Crippen molar-refractivity contribution in [3.63, 3.8) is 0 Å². The molecule has 0 heterocycles. The molecule has 2 unspecified atom stereocenters. The summed E-state index contributed by atoms with van der Waals surface area (Å²) in [4.78, 5) is 22.0. The highest BCUT2D eigenvalue weighted by Gasteiger charge is 2.32. The molecule has 2 atom stereocenters. The predicted molar refractivity (Wildman–Crippen MR) is 69.2 cm³/mol. The van der Waals surface area contributed by atoms with Gasteiger partial charge in [0.05, 0.1) is 10.8 Å². The van der Waals surface area contributed by atoms with Gasteiger partial charge in [0, 0.05) is 23.3 Å². The number of hydrogen-bond donors (Lipinski definition) is 1. The Morgan fingerprint density at radius 2 is 2.21 bits per heavy atom. The molecule has 1 aromatic rings. The van der Waals surface area contributed by atoms with E-state index >= 15 is 0 Å². The molecule has 7 heteroatoms. The van der Waals surface area contributed by atoms with E-state index in [1.165, 1.54) is 19.1 Å². The molecule has 0 saturated heterocycles. The van der Waals surface area contributed by atoms with Crippen LogP contribution in [0.5, 0.6) is 0 Å². The highest BCUT2D eigenvalue weighted by atomic mass is 35.5. The Kier molecular flexibility index (Phi) is 5.41. The number of Topliss-reactive ketones (excluding diaryl/α,β-unsaturated/α-hetero) is 1. The summed E-state index contributed by atoms with van der Waals surface area (Å²) < 4.78 is 4.96. The molecule has 0 spiro atoms. The Balaban J connectivity index is 3.30. The van der Waals surface area contributed by atoms with Gasteiger partial charge in [-0.15, -0.1) is 0 Å². The molecule has 1 rings (SSSR count). The maximum absolute atomic E-state index is 11.6. The van der Waals surface area contributed by atoms with Crippen molar-refractivity contribution in [2.24, 2.45) is 0 Å². The number of ether oxygens (including phenoxy) is 1. The summed E-state index contributed by atoms with van der Waals surface area (Å²) in [5, 5.41) is 21.0. The van der Waals surface area contributed by atoms with Gasteiger partial charge in [0.1, 0.15) is 5.78 Å². The van der Waals surface area contributed by atoms with Crippen LogP contribution in [0.4, 0.5) is 5.69 Å². The average Bonchev–Trinajstić information content (AvgIpc) is 2.31. The summed E-state index contributed by atoms with van der Waals surface area (Å²) in [6.45, 7) is 3.08. The minimum Gasteiger partial charge on any atom is -0.367 e. The van der Waals surface area contributed by atoms with Gasteiger partial charge in [-0.05, 0) is 26.0 Å². The molecule has 0 aromatic heterocycles. The van der Waals surface area contributed by atoms with E-state index < -0.39 is 22.9 Å². The van der Waals surface area contributed by atoms with Crippen LogP contribution in [-0.4, -0.2) is 28.7 Å². The molecule has 104 valence electrons. The maximum Gasteiger partial charge on any atom is 0.275 e. The molecule has 0 aliphatic carbocycles. The van der Waals surface area contributed by atoms with Gasteiger partial charge < -0.3 is 9.84 Å². The van der Waals surface area contributed by atoms with Crippen molar-refractivity contribution in [2.75, 3.05) is 6.61 Å². The fraction of sp³-hybridized carbons (Fsp3) is 0.417. The Bertz CT molecular complexity index is 491. The Morgan fingerprint density at radius 3 is 2.68 bits per heavy atom. The highest BCUT2D eigenvalue weighted by Crippen LogP contribution is 2.32. The summed E-state index contributed by atoms with van der Waals surface area (Å²) in [5.41, 5.74) is -0.227. The molecule has 6 nitrogen and oxygen atoms in total. The minimum absolute atomic E-state index is 0.0860. The number of carbonyl (C=O) groups excluding carboxylic acids is 1. The minimum atomic E-state index is -1.43. The lowest BCUT2D eigenvalue weighted by Gasteiger charge is -2.20. The van der Waals surface area contributed by atoms with Crippen LogP contribution in [0.1, 0.15) is 25.3 Å². The van der Waals surface area contributed by atoms with Crippen molar-refractivity contribution in [1.29, 1.82) is 0 Å². The van der Waals surface area contributed by atoms with Gasteiger partial charge in [-0.1, -0.05) is 11.6 Å². The summed E-state index contributed by atoms with van der Waals surface area (Å²) in [7, 11) is 0. The molecule has 0 fully saturated rings. The highest BCUT2D eigenvalue weighted by molar-refractivity contribution is 6.30. The third-order valence-electron chi connectivity index (χ3n) is 2.58. The van der Waals surface area contributed by atoms with Gasteiger partial charge >= 0.3 is 0 Å². The topological polar surface area (TPSA) is 89.7 Å². The normalized spacial score (nSPS) is 13.9. The first kappa shape index (κ1) is 15.6. The lowest BCUT2D eigenvalue weighted by atomic mass is 9.93. The van der Waals surface area contributed by atoms with Gasteiger partial charge in [-0.25, -0.2) is 0 Å². The van der Waals surface area contributed by atoms with Crippen LogP contribution in [-0.2, 0) is 9.53 Å². The monoisotopic (exact) mass is 287 g/mol. The number of carbonyl (C=O) groups is 1. The molecule has 0 bridgehead atoms. The van der Waals surface area contributed by atoms with E-state index in [1.54, 1.807) is 6.92 Å². The number of hydrogen-bond acceptors (Lipinski definition) is 5. The van der Waals surface area contributed by atoms with Crippen molar-refractivity contribution in [3.05, 3.63) is 38.9 Å². The number of halogens is 1. The van der Waals surface area contributed by atoms with E-state index in [4.69, 9.17) is 16.3 Å². The molecule has 1 N–H and O–H groups in total. The first-order valence-corrected chi connectivity index (χ1v) is 6.00. The van der Waals surface area contributed by atoms with Gasteiger partial charge in [0.15, 0.2) is 6.29 Å². The summed E-state index contributed by atoms with van der Waals surface area (Å²) >= 11 is 5.70. The predicted octanol–water partition coefficient (Wildman–Crippen LogP) is 2.28. The summed E-state index contributed by atoms with van der Waals surface area (Å²) in [6, 6.07) is 3.93. The Hall–Kier alpha value is -1.50. The first-order valence-electron chi connectivity index (χ1n) is 5.62. The third kappa shape index (κ3) is 3.73. The van der Waals surface area contributed by atoms with Crippen molar-refractivity contribution in [2.45, 2.75) is 26.1 Å². The molecule has 0 radical (unpaired) electrons. The second kappa shape index (κ2) is 6.60. The zero-order valence-corrected chi connectivity index (χ0v) is 11.3. The standard InChI is InChI=1S/C12H14ClNO5/c1-3-19-12(16)11(7(2)15)9-5-4-8(13)6-10(9)14(17)18/h4-6,11-12,16H,3H2,1-2H3. The number of benzene rings is 1. The van der Waals surface area contributed by atoms with Crippen LogP contribution in [0, 0.1) is 10.1 Å². The maximum atomic E-state index is 11.6. The lowest BCUT2D eigenvalue weighted by Crippen LogP contribution is -2.28. The first-order chi connectivity index (χ1) is 8.88. The van der Waals surface area contributed by atoms with Crippen molar-refractivity contribution < 1.29 is 19.6 Å². The number of rotatable bonds is 6. The number of nitro benzene ring substituents is 1. The fourth-order valence-corrected chi connectivity index (χ4v) is 1.94. The van der Waals surface area contributed by atoms with Crippen LogP contribution in [0.25, 0.3) is 0 Å². The van der Waals surface area contributed by atoms with Gasteiger partial charge in [0.25, 0.3) is 5.69 Å². The quantitative estimate of drug-likeness (QED) is 0.492. The smallest absolute Gasteiger partial charge is 0.275 e. The zero-order chi connectivity index (χ0) is 14.6. The van der Waals surface area contributed by atoms with Crippen LogP contribution in [0.2, 0.25) is 5.02 Å². The lowest BCUT2D eigenvalue weighted by molar-refractivity contribution is -0.386. The van der Waals surface area contributed by atoms with Crippen LogP contribution in [0.15, 0.2) is 18.2 Å². The van der Waals surface area contributed by atoms with E-state index in [2.05, 4.69) is 0 Å². The fourth-order valence-electron chi connectivity index (χ4n) is 1.78. The van der Waals surface area contributed by atoms with E-state index in [9.17, 15) is 20.0 Å². The largest absolute Gasteiger partial charge is 0.367 e. The number of ketones is 1. The van der Waals surface area contributed by atoms with Gasteiger partial charge in [0.2, 0.25) is 0 Å². The second-order valence-corrected chi connectivity index (χ2v) is 4.33. The van der Waals surface area contributed by atoms with Crippen LogP contribution < -0.4 is 0 Å². The van der Waals surface area contributed by atoms with E-state index in [1.807, 2.05) is 0 Å². The zero-order valence-electron chi connectivity index (χ0n) is 10.5. The van der Waals surface area contributed by atoms with Crippen molar-refractivity contribution in [1.82, 2.24) is 0 Å². The van der Waals surface area contributed by atoms with Crippen molar-refractivity contribution >= 4 is 23.1 Å².